The number of hydrogen-bond acceptors (Lipinski definition) is 3. The van der Waals surface area contributed by atoms with Crippen molar-refractivity contribution < 1.29 is 9.59 Å². The molecule has 1 saturated carbocycles. The summed E-state index contributed by atoms with van der Waals surface area (Å²) in [7, 11) is 0. The third-order valence-electron chi connectivity index (χ3n) is 6.65. The van der Waals surface area contributed by atoms with Crippen molar-refractivity contribution >= 4 is 35.2 Å². The van der Waals surface area contributed by atoms with Crippen LogP contribution in [-0.4, -0.2) is 51.9 Å². The van der Waals surface area contributed by atoms with Crippen LogP contribution in [0.2, 0.25) is 5.02 Å². The van der Waals surface area contributed by atoms with Gasteiger partial charge in [0, 0.05) is 42.4 Å². The lowest BCUT2D eigenvalue weighted by Crippen LogP contribution is -2.53. The average molecular weight is 421 g/mol. The van der Waals surface area contributed by atoms with E-state index >= 15 is 0 Å². The van der Waals surface area contributed by atoms with Gasteiger partial charge in [0.2, 0.25) is 5.91 Å². The molecule has 2 amide bonds. The van der Waals surface area contributed by atoms with E-state index in [1.807, 2.05) is 33.7 Å². The van der Waals surface area contributed by atoms with Crippen LogP contribution in [0.1, 0.15) is 61.7 Å². The van der Waals surface area contributed by atoms with Gasteiger partial charge in [0.1, 0.15) is 0 Å². The Bertz CT molecular complexity index is 710. The summed E-state index contributed by atoms with van der Waals surface area (Å²) in [4.78, 5) is 29.7. The van der Waals surface area contributed by atoms with E-state index in [2.05, 4.69) is 0 Å². The average Bonchev–Trinajstić information content (AvgIpc) is 3.37. The number of carbonyl (C=O) groups is 2. The molecule has 3 fully saturated rings. The second kappa shape index (κ2) is 8.66. The van der Waals surface area contributed by atoms with Crippen LogP contribution in [0.15, 0.2) is 24.3 Å². The number of benzene rings is 1. The zero-order valence-corrected chi connectivity index (χ0v) is 17.9. The summed E-state index contributed by atoms with van der Waals surface area (Å²) in [5.41, 5.74) is 0.696. The van der Waals surface area contributed by atoms with Crippen LogP contribution in [0.5, 0.6) is 0 Å². The maximum absolute atomic E-state index is 13.1. The summed E-state index contributed by atoms with van der Waals surface area (Å²) in [5.74, 6) is 2.12. The first kappa shape index (κ1) is 20.1. The molecule has 4 nitrogen and oxygen atoms in total. The van der Waals surface area contributed by atoms with Crippen LogP contribution in [0.3, 0.4) is 0 Å². The van der Waals surface area contributed by atoms with Crippen LogP contribution in [0, 0.1) is 5.92 Å². The SMILES string of the molecule is O=C(CCC1CCCC1)N1CCC2(CC1)SCCN2C(=O)c1ccc(Cl)cc1. The standard InChI is InChI=1S/C22H29ClN2O2S/c23-19-8-6-18(7-9-19)21(27)25-15-16-28-22(25)11-13-24(14-12-22)20(26)10-5-17-3-1-2-4-17/h6-9,17H,1-5,10-16H2. The highest BCUT2D eigenvalue weighted by molar-refractivity contribution is 8.00. The smallest absolute Gasteiger partial charge is 0.254 e. The van der Waals surface area contributed by atoms with Crippen molar-refractivity contribution in [3.05, 3.63) is 34.9 Å². The molecule has 0 aromatic heterocycles. The van der Waals surface area contributed by atoms with Gasteiger partial charge in [-0.05, 0) is 49.4 Å². The van der Waals surface area contributed by atoms with E-state index in [1.54, 1.807) is 12.1 Å². The lowest BCUT2D eigenvalue weighted by atomic mass is 9.98. The van der Waals surface area contributed by atoms with Crippen molar-refractivity contribution in [1.29, 1.82) is 0 Å². The van der Waals surface area contributed by atoms with Gasteiger partial charge in [-0.25, -0.2) is 0 Å². The van der Waals surface area contributed by atoms with Gasteiger partial charge in [0.05, 0.1) is 4.87 Å². The molecular formula is C22H29ClN2O2S. The van der Waals surface area contributed by atoms with Crippen molar-refractivity contribution in [2.75, 3.05) is 25.4 Å². The first-order chi connectivity index (χ1) is 13.6. The summed E-state index contributed by atoms with van der Waals surface area (Å²) in [6.45, 7) is 2.31. The number of hydrogen-bond donors (Lipinski definition) is 0. The van der Waals surface area contributed by atoms with Crippen LogP contribution in [0.25, 0.3) is 0 Å². The van der Waals surface area contributed by atoms with Crippen molar-refractivity contribution in [3.8, 4) is 0 Å². The van der Waals surface area contributed by atoms with E-state index in [-0.39, 0.29) is 10.8 Å². The Balaban J connectivity index is 1.34. The molecule has 0 atom stereocenters. The zero-order valence-electron chi connectivity index (χ0n) is 16.4. The monoisotopic (exact) mass is 420 g/mol. The lowest BCUT2D eigenvalue weighted by Gasteiger charge is -2.44. The van der Waals surface area contributed by atoms with Crippen LogP contribution >= 0.6 is 23.4 Å². The number of rotatable bonds is 4. The molecule has 2 aliphatic heterocycles. The van der Waals surface area contributed by atoms with Crippen LogP contribution in [-0.2, 0) is 4.79 Å². The lowest BCUT2D eigenvalue weighted by molar-refractivity contribution is -0.133. The first-order valence-corrected chi connectivity index (χ1v) is 11.9. The Morgan fingerprint density at radius 1 is 1.07 bits per heavy atom. The third-order valence-corrected chi connectivity index (χ3v) is 8.46. The number of nitrogens with zero attached hydrogens (tertiary/aromatic N) is 2. The van der Waals surface area contributed by atoms with Gasteiger partial charge in [0.15, 0.2) is 0 Å². The molecule has 2 saturated heterocycles. The largest absolute Gasteiger partial charge is 0.342 e. The number of thioether (sulfide) groups is 1. The van der Waals surface area contributed by atoms with Gasteiger partial charge < -0.3 is 9.80 Å². The predicted molar refractivity (Wildman–Crippen MR) is 115 cm³/mol. The molecule has 2 heterocycles. The minimum atomic E-state index is -0.154. The van der Waals surface area contributed by atoms with Crippen LogP contribution in [0.4, 0.5) is 0 Å². The second-order valence-electron chi connectivity index (χ2n) is 8.33. The Morgan fingerprint density at radius 3 is 2.43 bits per heavy atom. The third kappa shape index (κ3) is 4.20. The fraction of sp³-hybridized carbons (Fsp3) is 0.636. The quantitative estimate of drug-likeness (QED) is 0.701. The van der Waals surface area contributed by atoms with Gasteiger partial charge >= 0.3 is 0 Å². The van der Waals surface area contributed by atoms with Gasteiger partial charge in [-0.3, -0.25) is 9.59 Å². The highest BCUT2D eigenvalue weighted by Crippen LogP contribution is 2.44. The summed E-state index contributed by atoms with van der Waals surface area (Å²) in [6.07, 6.45) is 8.75. The molecule has 6 heteroatoms. The van der Waals surface area contributed by atoms with Crippen molar-refractivity contribution in [3.63, 3.8) is 0 Å². The second-order valence-corrected chi connectivity index (χ2v) is 10.2. The fourth-order valence-corrected chi connectivity index (χ4v) is 6.53. The highest BCUT2D eigenvalue weighted by atomic mass is 35.5. The maximum atomic E-state index is 13.1. The van der Waals surface area contributed by atoms with Crippen molar-refractivity contribution in [1.82, 2.24) is 9.80 Å². The Hall–Kier alpha value is -1.20. The Kier molecular flexibility index (Phi) is 6.21. The van der Waals surface area contributed by atoms with Gasteiger partial charge in [0.25, 0.3) is 5.91 Å². The molecule has 3 aliphatic rings. The minimum Gasteiger partial charge on any atom is -0.342 e. The molecule has 28 heavy (non-hydrogen) atoms. The number of carbonyl (C=O) groups excluding carboxylic acids is 2. The summed E-state index contributed by atoms with van der Waals surface area (Å²) in [6, 6.07) is 7.17. The van der Waals surface area contributed by atoms with Gasteiger partial charge in [-0.1, -0.05) is 37.3 Å². The van der Waals surface area contributed by atoms with Gasteiger partial charge in [-0.15, -0.1) is 11.8 Å². The molecular weight excluding hydrogens is 392 g/mol. The molecule has 1 aromatic rings. The van der Waals surface area contributed by atoms with E-state index in [4.69, 9.17) is 11.6 Å². The maximum Gasteiger partial charge on any atom is 0.254 e. The topological polar surface area (TPSA) is 40.6 Å². The zero-order chi connectivity index (χ0) is 19.6. The fourth-order valence-electron chi connectivity index (χ4n) is 4.95. The molecule has 0 radical (unpaired) electrons. The minimum absolute atomic E-state index is 0.0858. The van der Waals surface area contributed by atoms with E-state index in [0.29, 0.717) is 22.9 Å². The van der Waals surface area contributed by atoms with E-state index in [9.17, 15) is 9.59 Å². The summed E-state index contributed by atoms with van der Waals surface area (Å²) < 4.78 is 0. The summed E-state index contributed by atoms with van der Waals surface area (Å²) in [5, 5.41) is 0.645. The van der Waals surface area contributed by atoms with E-state index < -0.39 is 0 Å². The number of halogens is 1. The molecule has 0 bridgehead atoms. The normalized spacial score (nSPS) is 22.2. The Labute approximate surface area is 177 Å². The number of amides is 2. The number of piperidine rings is 1. The van der Waals surface area contributed by atoms with Crippen molar-refractivity contribution in [2.45, 2.75) is 56.2 Å². The van der Waals surface area contributed by atoms with E-state index in [0.717, 1.165) is 50.6 Å². The molecule has 0 unspecified atom stereocenters. The highest BCUT2D eigenvalue weighted by Gasteiger charge is 2.47. The molecule has 0 N–H and O–H groups in total. The van der Waals surface area contributed by atoms with Crippen LogP contribution < -0.4 is 0 Å². The molecule has 1 aromatic carbocycles. The summed E-state index contributed by atoms with van der Waals surface area (Å²) >= 11 is 7.85. The van der Waals surface area contributed by atoms with Crippen molar-refractivity contribution in [2.24, 2.45) is 5.92 Å². The van der Waals surface area contributed by atoms with E-state index in [1.165, 1.54) is 25.7 Å². The molecule has 4 rings (SSSR count). The predicted octanol–water partition coefficient (Wildman–Crippen LogP) is 4.82. The molecule has 1 aliphatic carbocycles. The molecule has 152 valence electrons. The Morgan fingerprint density at radius 2 is 1.75 bits per heavy atom. The first-order valence-electron chi connectivity index (χ1n) is 10.6. The molecule has 1 spiro atoms. The van der Waals surface area contributed by atoms with Gasteiger partial charge in [-0.2, -0.15) is 0 Å². The number of likely N-dealkylation sites (tertiary alicyclic amines) is 1.